The van der Waals surface area contributed by atoms with Crippen LogP contribution in [0, 0.1) is 0 Å². The van der Waals surface area contributed by atoms with E-state index in [4.69, 9.17) is 19.9 Å². The summed E-state index contributed by atoms with van der Waals surface area (Å²) in [4.78, 5) is 17.5. The van der Waals surface area contributed by atoms with Crippen LogP contribution in [-0.2, 0) is 6.54 Å². The van der Waals surface area contributed by atoms with Gasteiger partial charge < -0.3 is 4.74 Å². The van der Waals surface area contributed by atoms with Crippen molar-refractivity contribution in [1.29, 1.82) is 0 Å². The van der Waals surface area contributed by atoms with Crippen LogP contribution in [0.3, 0.4) is 0 Å². The topological polar surface area (TPSA) is 74.3 Å². The lowest BCUT2D eigenvalue weighted by molar-refractivity contribution is 0.416. The molecular weight excluding hydrogens is 470 g/mol. The van der Waals surface area contributed by atoms with E-state index in [0.29, 0.717) is 5.69 Å². The smallest absolute Gasteiger partial charge is 0.267 e. The number of ether oxygens (including phenoxy) is 1. The Balaban J connectivity index is 1.41. The summed E-state index contributed by atoms with van der Waals surface area (Å²) in [6.07, 6.45) is 1.91. The molecular formula is C28H21N5O2S. The Morgan fingerprint density at radius 1 is 0.861 bits per heavy atom. The molecule has 0 saturated carbocycles. The minimum atomic E-state index is -0.189. The lowest BCUT2D eigenvalue weighted by Gasteiger charge is -2.07. The molecule has 0 radical (unpaired) electrons. The zero-order chi connectivity index (χ0) is 24.5. The molecule has 0 amide bonds. The Bertz CT molecular complexity index is 1740. The van der Waals surface area contributed by atoms with E-state index in [1.165, 1.54) is 16.0 Å². The first-order chi connectivity index (χ1) is 17.7. The molecule has 0 unspecified atom stereocenters. The van der Waals surface area contributed by atoms with Crippen molar-refractivity contribution in [3.8, 4) is 39.5 Å². The van der Waals surface area contributed by atoms with Crippen LogP contribution < -0.4 is 10.3 Å². The molecule has 176 valence electrons. The molecule has 4 aromatic heterocycles. The van der Waals surface area contributed by atoms with Crippen molar-refractivity contribution in [2.75, 3.05) is 7.11 Å². The number of hydrogen-bond acceptors (Lipinski definition) is 6. The van der Waals surface area contributed by atoms with Gasteiger partial charge in [-0.2, -0.15) is 10.2 Å². The molecule has 0 saturated heterocycles. The summed E-state index contributed by atoms with van der Waals surface area (Å²) in [5.74, 6) is 0.758. The quantitative estimate of drug-likeness (QED) is 0.312. The average Bonchev–Trinajstić information content (AvgIpc) is 3.55. The van der Waals surface area contributed by atoms with Crippen LogP contribution in [0.1, 0.15) is 5.01 Å². The van der Waals surface area contributed by atoms with Gasteiger partial charge in [0, 0.05) is 28.8 Å². The minimum Gasteiger partial charge on any atom is -0.496 e. The Kier molecular flexibility index (Phi) is 5.63. The van der Waals surface area contributed by atoms with Crippen LogP contribution in [-0.4, -0.2) is 31.5 Å². The average molecular weight is 492 g/mol. The summed E-state index contributed by atoms with van der Waals surface area (Å²) in [7, 11) is 1.64. The van der Waals surface area contributed by atoms with Crippen molar-refractivity contribution in [3.05, 3.63) is 112 Å². The minimum absolute atomic E-state index is 0.189. The number of aromatic nitrogens is 5. The standard InChI is InChI=1S/C28H21N5O2S/c1-35-24-13-6-5-11-20(24)22-18-36-25(29-22)17-33-26(34)15-14-21(30-33)27-23-12-7-8-16-32(23)31-28(27)19-9-3-2-4-10-19/h2-16,18H,17H2,1H3. The molecule has 0 aliphatic heterocycles. The third-order valence-electron chi connectivity index (χ3n) is 5.93. The molecule has 0 spiro atoms. The van der Waals surface area contributed by atoms with Gasteiger partial charge in [-0.15, -0.1) is 11.3 Å². The SMILES string of the molecule is COc1ccccc1-c1csc(Cn2nc(-c3c(-c4ccccc4)nn4ccccc34)ccc2=O)n1. The highest BCUT2D eigenvalue weighted by molar-refractivity contribution is 7.09. The molecule has 0 aliphatic carbocycles. The first-order valence-corrected chi connectivity index (χ1v) is 12.3. The van der Waals surface area contributed by atoms with Gasteiger partial charge in [0.15, 0.2) is 0 Å². The maximum Gasteiger partial charge on any atom is 0.267 e. The van der Waals surface area contributed by atoms with Crippen molar-refractivity contribution in [2.24, 2.45) is 0 Å². The molecule has 36 heavy (non-hydrogen) atoms. The van der Waals surface area contributed by atoms with E-state index in [0.717, 1.165) is 44.4 Å². The number of pyridine rings is 1. The van der Waals surface area contributed by atoms with Crippen molar-refractivity contribution < 1.29 is 4.74 Å². The number of para-hydroxylation sites is 1. The highest BCUT2D eigenvalue weighted by Crippen LogP contribution is 2.34. The number of nitrogens with zero attached hydrogens (tertiary/aromatic N) is 5. The Morgan fingerprint density at radius 3 is 2.53 bits per heavy atom. The Labute approximate surface area is 210 Å². The molecule has 7 nitrogen and oxygen atoms in total. The number of thiazole rings is 1. The molecule has 8 heteroatoms. The van der Waals surface area contributed by atoms with E-state index in [9.17, 15) is 4.79 Å². The number of rotatable bonds is 6. The zero-order valence-electron chi connectivity index (χ0n) is 19.4. The third-order valence-corrected chi connectivity index (χ3v) is 6.76. The summed E-state index contributed by atoms with van der Waals surface area (Å²) in [5.41, 5.74) is 5.80. The van der Waals surface area contributed by atoms with E-state index >= 15 is 0 Å². The fourth-order valence-corrected chi connectivity index (χ4v) is 5.01. The molecule has 0 N–H and O–H groups in total. The van der Waals surface area contributed by atoms with Gasteiger partial charge in [-0.3, -0.25) is 4.79 Å². The summed E-state index contributed by atoms with van der Waals surface area (Å²) < 4.78 is 8.78. The fourth-order valence-electron chi connectivity index (χ4n) is 4.24. The highest BCUT2D eigenvalue weighted by Gasteiger charge is 2.18. The predicted octanol–water partition coefficient (Wildman–Crippen LogP) is 5.41. The van der Waals surface area contributed by atoms with Gasteiger partial charge in [-0.1, -0.05) is 48.5 Å². The molecule has 0 atom stereocenters. The third kappa shape index (κ3) is 3.97. The van der Waals surface area contributed by atoms with Gasteiger partial charge in [-0.25, -0.2) is 14.2 Å². The normalized spacial score (nSPS) is 11.1. The summed E-state index contributed by atoms with van der Waals surface area (Å²) in [6, 6.07) is 27.0. The van der Waals surface area contributed by atoms with E-state index in [1.807, 2.05) is 88.9 Å². The maximum atomic E-state index is 12.8. The second-order valence-electron chi connectivity index (χ2n) is 8.16. The first kappa shape index (κ1) is 21.9. The van der Waals surface area contributed by atoms with E-state index in [-0.39, 0.29) is 12.1 Å². The largest absolute Gasteiger partial charge is 0.496 e. The number of methoxy groups -OCH3 is 1. The van der Waals surface area contributed by atoms with Crippen LogP contribution in [0.5, 0.6) is 5.75 Å². The van der Waals surface area contributed by atoms with Crippen LogP contribution in [0.15, 0.2) is 101 Å². The fraction of sp³-hybridized carbons (Fsp3) is 0.0714. The van der Waals surface area contributed by atoms with Crippen molar-refractivity contribution in [1.82, 2.24) is 24.4 Å². The van der Waals surface area contributed by atoms with Crippen molar-refractivity contribution >= 4 is 16.9 Å². The molecule has 6 rings (SSSR count). The number of benzene rings is 2. The lowest BCUT2D eigenvalue weighted by Crippen LogP contribution is -2.22. The molecule has 4 heterocycles. The van der Waals surface area contributed by atoms with Crippen molar-refractivity contribution in [3.63, 3.8) is 0 Å². The van der Waals surface area contributed by atoms with Gasteiger partial charge in [0.05, 0.1) is 36.1 Å². The molecule has 6 aromatic rings. The summed E-state index contributed by atoms with van der Waals surface area (Å²) in [6.45, 7) is 0.270. The molecule has 0 bridgehead atoms. The van der Waals surface area contributed by atoms with Gasteiger partial charge in [0.1, 0.15) is 16.5 Å². The van der Waals surface area contributed by atoms with Gasteiger partial charge in [0.25, 0.3) is 5.56 Å². The monoisotopic (exact) mass is 491 g/mol. The van der Waals surface area contributed by atoms with Crippen LogP contribution in [0.25, 0.3) is 39.3 Å². The van der Waals surface area contributed by atoms with Gasteiger partial charge in [0.2, 0.25) is 0 Å². The van der Waals surface area contributed by atoms with Crippen molar-refractivity contribution in [2.45, 2.75) is 6.54 Å². The zero-order valence-corrected chi connectivity index (χ0v) is 20.2. The second-order valence-corrected chi connectivity index (χ2v) is 9.10. The van der Waals surface area contributed by atoms with Gasteiger partial charge in [-0.05, 0) is 30.3 Å². The number of hydrogen-bond donors (Lipinski definition) is 0. The molecule has 2 aromatic carbocycles. The number of fused-ring (bicyclic) bond motifs is 1. The predicted molar refractivity (Wildman–Crippen MR) is 141 cm³/mol. The highest BCUT2D eigenvalue weighted by atomic mass is 32.1. The Hall–Kier alpha value is -4.56. The van der Waals surface area contributed by atoms with E-state index < -0.39 is 0 Å². The van der Waals surface area contributed by atoms with Crippen LogP contribution in [0.2, 0.25) is 0 Å². The van der Waals surface area contributed by atoms with Crippen LogP contribution >= 0.6 is 11.3 Å². The van der Waals surface area contributed by atoms with E-state index in [2.05, 4.69) is 0 Å². The van der Waals surface area contributed by atoms with E-state index in [1.54, 1.807) is 19.2 Å². The van der Waals surface area contributed by atoms with Crippen LogP contribution in [0.4, 0.5) is 0 Å². The first-order valence-electron chi connectivity index (χ1n) is 11.4. The maximum absolute atomic E-state index is 12.8. The lowest BCUT2D eigenvalue weighted by atomic mass is 10.0. The molecule has 0 aliphatic rings. The van der Waals surface area contributed by atoms with Gasteiger partial charge >= 0.3 is 0 Å². The second kappa shape index (κ2) is 9.24. The summed E-state index contributed by atoms with van der Waals surface area (Å²) >= 11 is 1.49. The molecule has 0 fully saturated rings. The Morgan fingerprint density at radius 2 is 1.67 bits per heavy atom. The summed E-state index contributed by atoms with van der Waals surface area (Å²) in [5, 5.41) is 12.3.